The van der Waals surface area contributed by atoms with E-state index in [0.717, 1.165) is 19.3 Å². The van der Waals surface area contributed by atoms with Crippen LogP contribution in [0.3, 0.4) is 0 Å². The zero-order valence-corrected chi connectivity index (χ0v) is 13.7. The van der Waals surface area contributed by atoms with E-state index in [4.69, 9.17) is 4.74 Å². The number of hydrogen-bond acceptors (Lipinski definition) is 4. The third kappa shape index (κ3) is 4.05. The lowest BCUT2D eigenvalue weighted by atomic mass is 9.82. The highest BCUT2D eigenvalue weighted by Crippen LogP contribution is 2.32. The van der Waals surface area contributed by atoms with E-state index in [1.54, 1.807) is 6.07 Å². The zero-order valence-electron chi connectivity index (χ0n) is 13.7. The molecule has 1 aliphatic heterocycles. The number of aliphatic hydroxyl groups is 2. The van der Waals surface area contributed by atoms with Gasteiger partial charge in [0.1, 0.15) is 23.8 Å². The molecule has 5 nitrogen and oxygen atoms in total. The van der Waals surface area contributed by atoms with Gasteiger partial charge in [0.05, 0.1) is 25.1 Å². The molecule has 0 unspecified atom stereocenters. The molecule has 132 valence electrons. The van der Waals surface area contributed by atoms with Crippen molar-refractivity contribution in [1.82, 2.24) is 4.90 Å². The van der Waals surface area contributed by atoms with Crippen LogP contribution in [0.1, 0.15) is 38.5 Å². The third-order valence-electron chi connectivity index (χ3n) is 4.94. The van der Waals surface area contributed by atoms with Gasteiger partial charge >= 0.3 is 0 Å². The largest absolute Gasteiger partial charge is 0.486 e. The zero-order chi connectivity index (χ0) is 17.2. The molecule has 24 heavy (non-hydrogen) atoms. The number of amides is 1. The van der Waals surface area contributed by atoms with Gasteiger partial charge in [-0.05, 0) is 25.0 Å². The number of halogens is 1. The first-order chi connectivity index (χ1) is 11.5. The summed E-state index contributed by atoms with van der Waals surface area (Å²) >= 11 is 0. The summed E-state index contributed by atoms with van der Waals surface area (Å²) in [7, 11) is 0. The van der Waals surface area contributed by atoms with Crippen LogP contribution in [0.5, 0.6) is 5.75 Å². The Bertz CT molecular complexity index is 588. The first-order valence-electron chi connectivity index (χ1n) is 8.56. The van der Waals surface area contributed by atoms with Crippen molar-refractivity contribution in [2.45, 2.75) is 56.3 Å². The Labute approximate surface area is 141 Å². The molecular formula is C18H24FNO4. The van der Waals surface area contributed by atoms with Gasteiger partial charge in [-0.1, -0.05) is 25.3 Å². The number of likely N-dealkylation sites (tertiary alicyclic amines) is 1. The lowest BCUT2D eigenvalue weighted by Crippen LogP contribution is -2.40. The Morgan fingerprint density at radius 1 is 1.29 bits per heavy atom. The molecular weight excluding hydrogens is 313 g/mol. The van der Waals surface area contributed by atoms with Gasteiger partial charge in [0.15, 0.2) is 0 Å². The summed E-state index contributed by atoms with van der Waals surface area (Å²) in [6, 6.07) is 5.72. The molecule has 1 heterocycles. The number of aliphatic hydroxyl groups excluding tert-OH is 1. The summed E-state index contributed by atoms with van der Waals surface area (Å²) in [6.07, 6.45) is 2.97. The summed E-state index contributed by atoms with van der Waals surface area (Å²) in [5.41, 5.74) is -0.915. The van der Waals surface area contributed by atoms with Crippen molar-refractivity contribution < 1.29 is 24.1 Å². The fraction of sp³-hybridized carbons (Fsp3) is 0.611. The number of ether oxygens (including phenoxy) is 1. The molecule has 2 fully saturated rings. The molecule has 1 amide bonds. The van der Waals surface area contributed by atoms with E-state index < -0.39 is 23.6 Å². The Balaban J connectivity index is 1.57. The van der Waals surface area contributed by atoms with Crippen LogP contribution in [0.25, 0.3) is 0 Å². The van der Waals surface area contributed by atoms with Crippen molar-refractivity contribution in [3.8, 4) is 5.75 Å². The highest BCUT2D eigenvalue weighted by molar-refractivity contribution is 5.77. The Hall–Kier alpha value is -1.66. The average Bonchev–Trinajstić information content (AvgIpc) is 2.89. The lowest BCUT2D eigenvalue weighted by Gasteiger charge is -2.32. The quantitative estimate of drug-likeness (QED) is 0.880. The highest BCUT2D eigenvalue weighted by Gasteiger charge is 2.39. The molecule has 0 radical (unpaired) electrons. The summed E-state index contributed by atoms with van der Waals surface area (Å²) in [5.74, 6) is -0.240. The predicted octanol–water partition coefficient (Wildman–Crippen LogP) is 1.86. The predicted molar refractivity (Wildman–Crippen MR) is 86.1 cm³/mol. The average molecular weight is 337 g/mol. The van der Waals surface area contributed by atoms with E-state index in [2.05, 4.69) is 0 Å². The third-order valence-corrected chi connectivity index (χ3v) is 4.94. The standard InChI is InChI=1S/C18H24FNO4/c19-13-5-4-6-14(9-13)24-16-12-20(11-15(16)21)17(22)10-18(23)7-2-1-3-8-18/h4-6,9,15-16,21,23H,1-3,7-8,10-12H2/t15-,16-/m1/s1. The monoisotopic (exact) mass is 337 g/mol. The Kier molecular flexibility index (Phi) is 5.06. The number of β-amino-alcohol motifs (C(OH)–C–C–N with tert-alkyl or cyclic N) is 1. The highest BCUT2D eigenvalue weighted by atomic mass is 19.1. The fourth-order valence-electron chi connectivity index (χ4n) is 3.57. The number of benzene rings is 1. The van der Waals surface area contributed by atoms with Gasteiger partial charge in [-0.2, -0.15) is 0 Å². The second kappa shape index (κ2) is 7.07. The molecule has 2 N–H and O–H groups in total. The van der Waals surface area contributed by atoms with Crippen LogP contribution in [-0.4, -0.2) is 51.9 Å². The van der Waals surface area contributed by atoms with Crippen LogP contribution >= 0.6 is 0 Å². The van der Waals surface area contributed by atoms with Gasteiger partial charge in [0, 0.05) is 6.07 Å². The number of hydrogen-bond donors (Lipinski definition) is 2. The molecule has 3 rings (SSSR count). The van der Waals surface area contributed by atoms with Gasteiger partial charge in [-0.25, -0.2) is 4.39 Å². The van der Waals surface area contributed by atoms with Gasteiger partial charge in [0.25, 0.3) is 0 Å². The smallest absolute Gasteiger partial charge is 0.225 e. The number of rotatable bonds is 4. The molecule has 2 atom stereocenters. The van der Waals surface area contributed by atoms with Crippen molar-refractivity contribution in [2.75, 3.05) is 13.1 Å². The van der Waals surface area contributed by atoms with E-state index in [1.165, 1.54) is 23.1 Å². The summed E-state index contributed by atoms with van der Waals surface area (Å²) in [4.78, 5) is 14.0. The number of nitrogens with zero attached hydrogens (tertiary/aromatic N) is 1. The van der Waals surface area contributed by atoms with Crippen LogP contribution in [0.4, 0.5) is 4.39 Å². The van der Waals surface area contributed by atoms with E-state index in [1.807, 2.05) is 0 Å². The van der Waals surface area contributed by atoms with E-state index in [9.17, 15) is 19.4 Å². The molecule has 0 aromatic heterocycles. The first kappa shape index (κ1) is 17.2. The SMILES string of the molecule is O=C(CC1(O)CCCCC1)N1C[C@@H](O)[C@H](Oc2cccc(F)c2)C1. The second-order valence-electron chi connectivity index (χ2n) is 6.94. The summed E-state index contributed by atoms with van der Waals surface area (Å²) in [5, 5.41) is 20.7. The molecule has 1 saturated carbocycles. The minimum Gasteiger partial charge on any atom is -0.486 e. The van der Waals surface area contributed by atoms with Crippen molar-refractivity contribution in [3.63, 3.8) is 0 Å². The van der Waals surface area contributed by atoms with E-state index in [-0.39, 0.29) is 25.4 Å². The minimum absolute atomic E-state index is 0.0897. The van der Waals surface area contributed by atoms with Gasteiger partial charge in [-0.3, -0.25) is 4.79 Å². The molecule has 1 saturated heterocycles. The summed E-state index contributed by atoms with van der Waals surface area (Å²) in [6.45, 7) is 0.418. The molecule has 0 bridgehead atoms. The molecule has 1 aromatic rings. The second-order valence-corrected chi connectivity index (χ2v) is 6.94. The Morgan fingerprint density at radius 3 is 2.75 bits per heavy atom. The number of carbonyl (C=O) groups excluding carboxylic acids is 1. The van der Waals surface area contributed by atoms with Crippen LogP contribution < -0.4 is 4.74 Å². The minimum atomic E-state index is -0.915. The van der Waals surface area contributed by atoms with Crippen LogP contribution in [0.2, 0.25) is 0 Å². The van der Waals surface area contributed by atoms with Crippen molar-refractivity contribution in [2.24, 2.45) is 0 Å². The van der Waals surface area contributed by atoms with Gasteiger partial charge in [0.2, 0.25) is 5.91 Å². The summed E-state index contributed by atoms with van der Waals surface area (Å²) < 4.78 is 18.8. The maximum Gasteiger partial charge on any atom is 0.225 e. The van der Waals surface area contributed by atoms with Crippen LogP contribution in [-0.2, 0) is 4.79 Å². The normalized spacial score (nSPS) is 26.4. The topological polar surface area (TPSA) is 70.0 Å². The maximum absolute atomic E-state index is 13.2. The van der Waals surface area contributed by atoms with Crippen molar-refractivity contribution in [1.29, 1.82) is 0 Å². The maximum atomic E-state index is 13.2. The fourth-order valence-corrected chi connectivity index (χ4v) is 3.57. The molecule has 6 heteroatoms. The van der Waals surface area contributed by atoms with Crippen LogP contribution in [0.15, 0.2) is 24.3 Å². The van der Waals surface area contributed by atoms with E-state index >= 15 is 0 Å². The van der Waals surface area contributed by atoms with Crippen molar-refractivity contribution in [3.05, 3.63) is 30.1 Å². The molecule has 0 spiro atoms. The lowest BCUT2D eigenvalue weighted by molar-refractivity contribution is -0.137. The first-order valence-corrected chi connectivity index (χ1v) is 8.56. The van der Waals surface area contributed by atoms with E-state index in [0.29, 0.717) is 18.6 Å². The molecule has 1 aromatic carbocycles. The number of carbonyl (C=O) groups is 1. The van der Waals surface area contributed by atoms with Gasteiger partial charge in [-0.15, -0.1) is 0 Å². The van der Waals surface area contributed by atoms with Crippen molar-refractivity contribution >= 4 is 5.91 Å². The van der Waals surface area contributed by atoms with Crippen LogP contribution in [0, 0.1) is 5.82 Å². The molecule has 1 aliphatic carbocycles. The van der Waals surface area contributed by atoms with Gasteiger partial charge < -0.3 is 19.8 Å². The molecule has 2 aliphatic rings. The Morgan fingerprint density at radius 2 is 2.04 bits per heavy atom.